The molecule has 0 aliphatic heterocycles. The summed E-state index contributed by atoms with van der Waals surface area (Å²) in [5.74, 6) is 1.50. The first kappa shape index (κ1) is 18.4. The highest BCUT2D eigenvalue weighted by atomic mass is 79.9. The molecular formula is C20H22BrNO2. The van der Waals surface area contributed by atoms with Gasteiger partial charge in [-0.1, -0.05) is 54.9 Å². The lowest BCUT2D eigenvalue weighted by atomic mass is 9.85. The maximum absolute atomic E-state index is 9.16. The number of para-hydroxylation sites is 1. The second-order valence-electron chi connectivity index (χ2n) is 6.65. The molecule has 0 amide bonds. The third kappa shape index (κ3) is 4.52. The molecule has 0 aliphatic rings. The standard InChI is InChI=1S/C20H22BrNO2/c1-14-6-5-7-17(20(2,3)4)19(14)24-11-10-23-18-9-8-16(21)12-15(18)13-22/h5-9,12H,10-11H2,1-4H3. The number of ether oxygens (including phenoxy) is 2. The first-order chi connectivity index (χ1) is 11.3. The van der Waals surface area contributed by atoms with Crippen molar-refractivity contribution >= 4 is 15.9 Å². The predicted molar refractivity (Wildman–Crippen MR) is 99.7 cm³/mol. The van der Waals surface area contributed by atoms with E-state index in [2.05, 4.69) is 54.9 Å². The number of nitriles is 1. The highest BCUT2D eigenvalue weighted by molar-refractivity contribution is 9.10. The second kappa shape index (κ2) is 7.72. The van der Waals surface area contributed by atoms with E-state index in [9.17, 15) is 0 Å². The average Bonchev–Trinajstić information content (AvgIpc) is 2.52. The highest BCUT2D eigenvalue weighted by Crippen LogP contribution is 2.33. The van der Waals surface area contributed by atoms with E-state index in [1.807, 2.05) is 19.1 Å². The van der Waals surface area contributed by atoms with Crippen LogP contribution in [0.25, 0.3) is 0 Å². The fraction of sp³-hybridized carbons (Fsp3) is 0.350. The zero-order chi connectivity index (χ0) is 17.7. The Balaban J connectivity index is 2.03. The van der Waals surface area contributed by atoms with Crippen LogP contribution in [0.3, 0.4) is 0 Å². The molecule has 24 heavy (non-hydrogen) atoms. The summed E-state index contributed by atoms with van der Waals surface area (Å²) in [6.45, 7) is 9.38. The zero-order valence-electron chi connectivity index (χ0n) is 14.5. The topological polar surface area (TPSA) is 42.2 Å². The van der Waals surface area contributed by atoms with E-state index < -0.39 is 0 Å². The summed E-state index contributed by atoms with van der Waals surface area (Å²) < 4.78 is 12.6. The lowest BCUT2D eigenvalue weighted by molar-refractivity contribution is 0.213. The number of hydrogen-bond donors (Lipinski definition) is 0. The lowest BCUT2D eigenvalue weighted by Gasteiger charge is -2.24. The molecule has 0 atom stereocenters. The third-order valence-electron chi connectivity index (χ3n) is 3.67. The van der Waals surface area contributed by atoms with Gasteiger partial charge in [0.25, 0.3) is 0 Å². The van der Waals surface area contributed by atoms with Gasteiger partial charge < -0.3 is 9.47 Å². The minimum atomic E-state index is 0.0158. The van der Waals surface area contributed by atoms with Crippen LogP contribution in [0, 0.1) is 18.3 Å². The minimum Gasteiger partial charge on any atom is -0.489 e. The molecule has 3 nitrogen and oxygen atoms in total. The summed E-state index contributed by atoms with van der Waals surface area (Å²) in [6, 6.07) is 13.7. The van der Waals surface area contributed by atoms with Crippen LogP contribution in [-0.2, 0) is 5.41 Å². The van der Waals surface area contributed by atoms with Gasteiger partial charge in [0.1, 0.15) is 30.8 Å². The molecule has 0 unspecified atom stereocenters. The summed E-state index contributed by atoms with van der Waals surface area (Å²) in [5.41, 5.74) is 2.82. The largest absolute Gasteiger partial charge is 0.489 e. The number of benzene rings is 2. The van der Waals surface area contributed by atoms with E-state index in [1.165, 1.54) is 5.56 Å². The third-order valence-corrected chi connectivity index (χ3v) is 4.16. The zero-order valence-corrected chi connectivity index (χ0v) is 16.1. The van der Waals surface area contributed by atoms with Gasteiger partial charge in [0.15, 0.2) is 0 Å². The van der Waals surface area contributed by atoms with Crippen LogP contribution >= 0.6 is 15.9 Å². The van der Waals surface area contributed by atoms with Crippen molar-refractivity contribution < 1.29 is 9.47 Å². The molecule has 0 saturated carbocycles. The number of nitrogens with zero attached hydrogens (tertiary/aromatic N) is 1. The normalized spacial score (nSPS) is 11.0. The van der Waals surface area contributed by atoms with Crippen molar-refractivity contribution in [2.45, 2.75) is 33.1 Å². The number of aryl methyl sites for hydroxylation is 1. The average molecular weight is 388 g/mol. The molecule has 0 saturated heterocycles. The number of rotatable bonds is 5. The quantitative estimate of drug-likeness (QED) is 0.646. The van der Waals surface area contributed by atoms with Gasteiger partial charge in [0.05, 0.1) is 5.56 Å². The molecule has 0 aromatic heterocycles. The first-order valence-corrected chi connectivity index (χ1v) is 8.67. The van der Waals surface area contributed by atoms with Crippen LogP contribution in [0.4, 0.5) is 0 Å². The van der Waals surface area contributed by atoms with E-state index in [0.717, 1.165) is 15.8 Å². The molecular weight excluding hydrogens is 366 g/mol. The van der Waals surface area contributed by atoms with Crippen LogP contribution in [0.15, 0.2) is 40.9 Å². The van der Waals surface area contributed by atoms with Crippen molar-refractivity contribution in [1.82, 2.24) is 0 Å². The van der Waals surface area contributed by atoms with Crippen LogP contribution in [0.2, 0.25) is 0 Å². The van der Waals surface area contributed by atoms with Crippen molar-refractivity contribution in [3.8, 4) is 17.6 Å². The summed E-state index contributed by atoms with van der Waals surface area (Å²) >= 11 is 3.35. The molecule has 2 rings (SSSR count). The molecule has 0 radical (unpaired) electrons. The predicted octanol–water partition coefficient (Wildman–Crippen LogP) is 5.38. The maximum Gasteiger partial charge on any atom is 0.137 e. The van der Waals surface area contributed by atoms with Crippen molar-refractivity contribution in [1.29, 1.82) is 5.26 Å². The number of hydrogen-bond acceptors (Lipinski definition) is 3. The Morgan fingerprint density at radius 1 is 1.08 bits per heavy atom. The van der Waals surface area contributed by atoms with Gasteiger partial charge in [-0.3, -0.25) is 0 Å². The first-order valence-electron chi connectivity index (χ1n) is 7.88. The fourth-order valence-corrected chi connectivity index (χ4v) is 2.81. The minimum absolute atomic E-state index is 0.0158. The molecule has 0 spiro atoms. The Labute approximate surface area is 152 Å². The van der Waals surface area contributed by atoms with Gasteiger partial charge in [0.2, 0.25) is 0 Å². The van der Waals surface area contributed by atoms with Gasteiger partial charge in [-0.05, 0) is 41.7 Å². The molecule has 2 aromatic rings. The summed E-state index contributed by atoms with van der Waals surface area (Å²) in [5, 5.41) is 9.16. The lowest BCUT2D eigenvalue weighted by Crippen LogP contribution is -2.16. The highest BCUT2D eigenvalue weighted by Gasteiger charge is 2.20. The number of halogens is 1. The maximum atomic E-state index is 9.16. The Hall–Kier alpha value is -1.99. The van der Waals surface area contributed by atoms with Crippen LogP contribution < -0.4 is 9.47 Å². The van der Waals surface area contributed by atoms with E-state index in [0.29, 0.717) is 24.5 Å². The summed E-state index contributed by atoms with van der Waals surface area (Å²) in [7, 11) is 0. The fourth-order valence-electron chi connectivity index (χ4n) is 2.45. The van der Waals surface area contributed by atoms with Crippen molar-refractivity contribution in [2.24, 2.45) is 0 Å². The van der Waals surface area contributed by atoms with Crippen LogP contribution in [0.5, 0.6) is 11.5 Å². The Morgan fingerprint density at radius 2 is 1.79 bits per heavy atom. The SMILES string of the molecule is Cc1cccc(C(C)(C)C)c1OCCOc1ccc(Br)cc1C#N. The second-order valence-corrected chi connectivity index (χ2v) is 7.57. The molecule has 2 aromatic carbocycles. The van der Waals surface area contributed by atoms with Crippen molar-refractivity contribution in [3.63, 3.8) is 0 Å². The molecule has 0 bridgehead atoms. The smallest absolute Gasteiger partial charge is 0.137 e. The van der Waals surface area contributed by atoms with E-state index >= 15 is 0 Å². The van der Waals surface area contributed by atoms with Crippen molar-refractivity contribution in [2.75, 3.05) is 13.2 Å². The molecule has 0 heterocycles. The van der Waals surface area contributed by atoms with Crippen LogP contribution in [-0.4, -0.2) is 13.2 Å². The molecule has 126 valence electrons. The molecule has 4 heteroatoms. The van der Waals surface area contributed by atoms with Crippen LogP contribution in [0.1, 0.15) is 37.5 Å². The van der Waals surface area contributed by atoms with Gasteiger partial charge in [-0.25, -0.2) is 0 Å². The van der Waals surface area contributed by atoms with E-state index in [1.54, 1.807) is 12.1 Å². The Bertz CT molecular complexity index is 757. The van der Waals surface area contributed by atoms with Gasteiger partial charge in [-0.2, -0.15) is 5.26 Å². The van der Waals surface area contributed by atoms with E-state index in [-0.39, 0.29) is 5.41 Å². The van der Waals surface area contributed by atoms with Gasteiger partial charge in [-0.15, -0.1) is 0 Å². The van der Waals surface area contributed by atoms with Crippen molar-refractivity contribution in [3.05, 3.63) is 57.6 Å². The monoisotopic (exact) mass is 387 g/mol. The van der Waals surface area contributed by atoms with Gasteiger partial charge >= 0.3 is 0 Å². The summed E-state index contributed by atoms with van der Waals surface area (Å²) in [6.07, 6.45) is 0. The molecule has 0 N–H and O–H groups in total. The van der Waals surface area contributed by atoms with Gasteiger partial charge in [0, 0.05) is 4.47 Å². The molecule has 0 aliphatic carbocycles. The summed E-state index contributed by atoms with van der Waals surface area (Å²) in [4.78, 5) is 0. The van der Waals surface area contributed by atoms with E-state index in [4.69, 9.17) is 14.7 Å². The Morgan fingerprint density at radius 3 is 2.46 bits per heavy atom. The molecule has 0 fully saturated rings. The Kier molecular flexibility index (Phi) is 5.90.